The van der Waals surface area contributed by atoms with Gasteiger partial charge in [0.1, 0.15) is 0 Å². The van der Waals surface area contributed by atoms with Gasteiger partial charge >= 0.3 is 5.97 Å². The maximum atomic E-state index is 12.6. The molecule has 0 saturated carbocycles. The highest BCUT2D eigenvalue weighted by Gasteiger charge is 2.17. The summed E-state index contributed by atoms with van der Waals surface area (Å²) in [4.78, 5) is 41.5. The third-order valence-electron chi connectivity index (χ3n) is 4.35. The van der Waals surface area contributed by atoms with Crippen LogP contribution in [0.5, 0.6) is 0 Å². The number of amides is 2. The van der Waals surface area contributed by atoms with Crippen molar-refractivity contribution in [3.63, 3.8) is 0 Å². The molecule has 7 nitrogen and oxygen atoms in total. The maximum absolute atomic E-state index is 12.6. The number of anilines is 1. The molecular formula is C23H21N3O4. The Balaban J connectivity index is 1.64. The van der Waals surface area contributed by atoms with Crippen LogP contribution in [0.4, 0.5) is 5.69 Å². The van der Waals surface area contributed by atoms with Crippen molar-refractivity contribution >= 4 is 40.4 Å². The first kappa shape index (κ1) is 20.7. The number of benzene rings is 2. The fourth-order valence-corrected chi connectivity index (χ4v) is 2.91. The Morgan fingerprint density at radius 3 is 2.53 bits per heavy atom. The second kappa shape index (κ2) is 9.97. The summed E-state index contributed by atoms with van der Waals surface area (Å²) in [7, 11) is 0. The van der Waals surface area contributed by atoms with Crippen LogP contribution in [-0.4, -0.2) is 35.9 Å². The molecule has 2 N–H and O–H groups in total. The van der Waals surface area contributed by atoms with Crippen molar-refractivity contribution in [1.82, 2.24) is 4.98 Å². The molecule has 0 aliphatic heterocycles. The van der Waals surface area contributed by atoms with Crippen molar-refractivity contribution in [2.75, 3.05) is 18.1 Å². The van der Waals surface area contributed by atoms with Gasteiger partial charge in [0.15, 0.2) is 6.61 Å². The minimum absolute atomic E-state index is 0.00254. The van der Waals surface area contributed by atoms with Crippen molar-refractivity contribution in [2.24, 2.45) is 5.73 Å². The first-order valence-corrected chi connectivity index (χ1v) is 9.37. The number of hydrogen-bond acceptors (Lipinski definition) is 5. The zero-order valence-electron chi connectivity index (χ0n) is 16.2. The number of para-hydroxylation sites is 2. The molecule has 0 fully saturated rings. The molecule has 0 aliphatic rings. The monoisotopic (exact) mass is 403 g/mol. The molecule has 2 amide bonds. The van der Waals surface area contributed by atoms with Gasteiger partial charge in [0, 0.05) is 41.9 Å². The van der Waals surface area contributed by atoms with Gasteiger partial charge in [0.05, 0.1) is 5.52 Å². The Morgan fingerprint density at radius 1 is 1.00 bits per heavy atom. The smallest absolute Gasteiger partial charge is 0.331 e. The highest BCUT2D eigenvalue weighted by molar-refractivity contribution is 5.97. The Morgan fingerprint density at radius 2 is 1.77 bits per heavy atom. The van der Waals surface area contributed by atoms with Crippen LogP contribution in [0.25, 0.3) is 17.0 Å². The van der Waals surface area contributed by atoms with Gasteiger partial charge in [-0.05, 0) is 24.3 Å². The topological polar surface area (TPSA) is 103 Å². The summed E-state index contributed by atoms with van der Waals surface area (Å²) in [5, 5.41) is 0.955. The lowest BCUT2D eigenvalue weighted by Gasteiger charge is -2.22. The molecule has 30 heavy (non-hydrogen) atoms. The molecule has 0 saturated heterocycles. The molecular weight excluding hydrogens is 382 g/mol. The average molecular weight is 403 g/mol. The second-order valence-electron chi connectivity index (χ2n) is 6.46. The molecule has 1 heterocycles. The minimum atomic E-state index is -0.654. The van der Waals surface area contributed by atoms with Crippen LogP contribution in [0.2, 0.25) is 0 Å². The van der Waals surface area contributed by atoms with Gasteiger partial charge in [-0.25, -0.2) is 4.79 Å². The quantitative estimate of drug-likeness (QED) is 0.460. The van der Waals surface area contributed by atoms with E-state index in [1.807, 2.05) is 36.4 Å². The molecule has 0 atom stereocenters. The standard InChI is InChI=1S/C23H21N3O4/c24-20(27)13-15-26(19-9-2-1-3-10-19)21(28)16-30-22(29)12-11-18-7-4-6-17-8-5-14-25-23(17)18/h1-12,14H,13,15-16H2,(H2,24,27). The normalized spacial score (nSPS) is 10.8. The Bertz CT molecular complexity index is 1070. The summed E-state index contributed by atoms with van der Waals surface area (Å²) in [6, 6.07) is 18.2. The van der Waals surface area contributed by atoms with Crippen LogP contribution in [0.3, 0.4) is 0 Å². The molecule has 3 rings (SSSR count). The van der Waals surface area contributed by atoms with E-state index in [0.717, 1.165) is 16.5 Å². The van der Waals surface area contributed by atoms with Gasteiger partial charge in [-0.15, -0.1) is 0 Å². The lowest BCUT2D eigenvalue weighted by atomic mass is 10.1. The number of hydrogen-bond donors (Lipinski definition) is 1. The van der Waals surface area contributed by atoms with E-state index in [0.29, 0.717) is 5.69 Å². The summed E-state index contributed by atoms with van der Waals surface area (Å²) >= 11 is 0. The van der Waals surface area contributed by atoms with Crippen LogP contribution in [0, 0.1) is 0 Å². The highest BCUT2D eigenvalue weighted by atomic mass is 16.5. The second-order valence-corrected chi connectivity index (χ2v) is 6.46. The molecule has 7 heteroatoms. The minimum Gasteiger partial charge on any atom is -0.452 e. The van der Waals surface area contributed by atoms with Gasteiger partial charge in [0.2, 0.25) is 5.91 Å². The van der Waals surface area contributed by atoms with Crippen molar-refractivity contribution in [3.8, 4) is 0 Å². The van der Waals surface area contributed by atoms with Gasteiger partial charge < -0.3 is 15.4 Å². The van der Waals surface area contributed by atoms with E-state index in [2.05, 4.69) is 4.98 Å². The molecule has 0 unspecified atom stereocenters. The van der Waals surface area contributed by atoms with Gasteiger partial charge in [0.25, 0.3) is 5.91 Å². The largest absolute Gasteiger partial charge is 0.452 e. The zero-order valence-corrected chi connectivity index (χ0v) is 16.2. The van der Waals surface area contributed by atoms with Crippen molar-refractivity contribution in [2.45, 2.75) is 6.42 Å². The van der Waals surface area contributed by atoms with Crippen LogP contribution in [0.15, 0.2) is 72.9 Å². The van der Waals surface area contributed by atoms with E-state index in [1.54, 1.807) is 36.5 Å². The Kier molecular flexibility index (Phi) is 6.89. The number of ether oxygens (including phenoxy) is 1. The van der Waals surface area contributed by atoms with Crippen molar-refractivity contribution in [1.29, 1.82) is 0 Å². The van der Waals surface area contributed by atoms with Crippen LogP contribution in [0.1, 0.15) is 12.0 Å². The van der Waals surface area contributed by atoms with Crippen LogP contribution < -0.4 is 10.6 Å². The molecule has 152 valence electrons. The molecule has 2 aromatic carbocycles. The zero-order chi connectivity index (χ0) is 21.3. The molecule has 0 bridgehead atoms. The third-order valence-corrected chi connectivity index (χ3v) is 4.35. The number of aromatic nitrogens is 1. The SMILES string of the molecule is NC(=O)CCN(C(=O)COC(=O)C=Cc1cccc2cccnc12)c1ccccc1. The average Bonchev–Trinajstić information content (AvgIpc) is 2.77. The number of nitrogens with zero attached hydrogens (tertiary/aromatic N) is 2. The van der Waals surface area contributed by atoms with Crippen LogP contribution >= 0.6 is 0 Å². The molecule has 0 radical (unpaired) electrons. The summed E-state index contributed by atoms with van der Waals surface area (Å²) in [6.07, 6.45) is 4.54. The van der Waals surface area contributed by atoms with Gasteiger partial charge in [-0.2, -0.15) is 0 Å². The number of primary amides is 1. The van der Waals surface area contributed by atoms with Crippen molar-refractivity contribution in [3.05, 3.63) is 78.5 Å². The van der Waals surface area contributed by atoms with E-state index < -0.39 is 24.4 Å². The fourth-order valence-electron chi connectivity index (χ4n) is 2.91. The first-order valence-electron chi connectivity index (χ1n) is 9.37. The third kappa shape index (κ3) is 5.51. The van der Waals surface area contributed by atoms with E-state index in [9.17, 15) is 14.4 Å². The lowest BCUT2D eigenvalue weighted by Crippen LogP contribution is -2.37. The predicted octanol–water partition coefficient (Wildman–Crippen LogP) is 2.70. The van der Waals surface area contributed by atoms with Gasteiger partial charge in [-0.3, -0.25) is 14.6 Å². The highest BCUT2D eigenvalue weighted by Crippen LogP contribution is 2.17. The molecule has 0 aliphatic carbocycles. The molecule has 3 aromatic rings. The Hall–Kier alpha value is -4.00. The van der Waals surface area contributed by atoms with Crippen molar-refractivity contribution < 1.29 is 19.1 Å². The summed E-state index contributed by atoms with van der Waals surface area (Å²) in [5.74, 6) is -1.62. The number of esters is 1. The molecule has 1 aromatic heterocycles. The van der Waals surface area contributed by atoms with E-state index in [1.165, 1.54) is 11.0 Å². The predicted molar refractivity (Wildman–Crippen MR) is 114 cm³/mol. The number of carbonyl (C=O) groups excluding carboxylic acids is 3. The van der Waals surface area contributed by atoms with Crippen LogP contribution in [-0.2, 0) is 19.1 Å². The van der Waals surface area contributed by atoms with E-state index >= 15 is 0 Å². The van der Waals surface area contributed by atoms with Gasteiger partial charge in [-0.1, -0.05) is 42.5 Å². The Labute approximate surface area is 173 Å². The number of nitrogens with two attached hydrogens (primary N) is 1. The number of fused-ring (bicyclic) bond motifs is 1. The summed E-state index contributed by atoms with van der Waals surface area (Å²) in [5.41, 5.74) is 7.33. The molecule has 0 spiro atoms. The van der Waals surface area contributed by atoms with E-state index in [-0.39, 0.29) is 13.0 Å². The summed E-state index contributed by atoms with van der Waals surface area (Å²) in [6.45, 7) is -0.349. The number of carbonyl (C=O) groups is 3. The maximum Gasteiger partial charge on any atom is 0.331 e. The first-order chi connectivity index (χ1) is 14.5. The fraction of sp³-hybridized carbons (Fsp3) is 0.130. The lowest BCUT2D eigenvalue weighted by molar-refractivity contribution is -0.143. The summed E-state index contributed by atoms with van der Waals surface area (Å²) < 4.78 is 5.09. The number of pyridine rings is 1. The van der Waals surface area contributed by atoms with E-state index in [4.69, 9.17) is 10.5 Å². The number of rotatable bonds is 8.